The zero-order chi connectivity index (χ0) is 17.8. The molecule has 0 amide bonds. The maximum Gasteiger partial charge on any atom is 0.142 e. The first-order valence-electron chi connectivity index (χ1n) is 8.78. The van der Waals surface area contributed by atoms with Crippen LogP contribution in [-0.4, -0.2) is 15.3 Å². The summed E-state index contributed by atoms with van der Waals surface area (Å²) in [6, 6.07) is 16.1. The van der Waals surface area contributed by atoms with Crippen molar-refractivity contribution in [1.29, 1.82) is 0 Å². The fourth-order valence-electron chi connectivity index (χ4n) is 3.43. The molecule has 1 atom stereocenters. The average Bonchev–Trinajstić information content (AvgIpc) is 3.17. The minimum absolute atomic E-state index is 0.269. The van der Waals surface area contributed by atoms with Gasteiger partial charge in [-0.25, -0.2) is 4.98 Å². The van der Waals surface area contributed by atoms with Crippen LogP contribution in [0.25, 0.3) is 0 Å². The zero-order valence-electron chi connectivity index (χ0n) is 14.4. The molecule has 1 aromatic heterocycles. The second kappa shape index (κ2) is 7.75. The Balaban J connectivity index is 1.61. The summed E-state index contributed by atoms with van der Waals surface area (Å²) in [4.78, 5) is 9.87. The number of hydrogen-bond donors (Lipinski definition) is 0. The largest absolute Gasteiger partial charge is 0.391 e. The van der Waals surface area contributed by atoms with E-state index in [-0.39, 0.29) is 5.92 Å². The molecule has 0 bridgehead atoms. The van der Waals surface area contributed by atoms with Crippen molar-refractivity contribution in [2.45, 2.75) is 26.0 Å². The molecule has 0 N–H and O–H groups in total. The smallest absolute Gasteiger partial charge is 0.142 e. The molecule has 0 saturated carbocycles. The molecule has 4 nitrogen and oxygen atoms in total. The summed E-state index contributed by atoms with van der Waals surface area (Å²) < 4.78 is 2.09. The van der Waals surface area contributed by atoms with Gasteiger partial charge in [-0.2, -0.15) is 0 Å². The second-order valence-corrected chi connectivity index (χ2v) is 6.90. The third-order valence-electron chi connectivity index (χ3n) is 4.75. The molecule has 0 fully saturated rings. The van der Waals surface area contributed by atoms with Crippen molar-refractivity contribution in [2.75, 3.05) is 0 Å². The van der Waals surface area contributed by atoms with Crippen LogP contribution in [0.1, 0.15) is 23.1 Å². The van der Waals surface area contributed by atoms with E-state index in [1.165, 1.54) is 0 Å². The van der Waals surface area contributed by atoms with Crippen molar-refractivity contribution in [3.05, 3.63) is 89.0 Å². The van der Waals surface area contributed by atoms with E-state index in [0.29, 0.717) is 6.61 Å². The minimum Gasteiger partial charge on any atom is -0.391 e. The SMILES string of the molecule is Clc1cccc2c1CCC(Cn1ccnc1)/C2=N\OCc1ccccc1. The quantitative estimate of drug-likeness (QED) is 0.614. The summed E-state index contributed by atoms with van der Waals surface area (Å²) in [6.45, 7) is 1.29. The fourth-order valence-corrected chi connectivity index (χ4v) is 3.70. The Morgan fingerprint density at radius 1 is 1.15 bits per heavy atom. The molecule has 0 radical (unpaired) electrons. The third kappa shape index (κ3) is 3.65. The molecule has 2 aromatic carbocycles. The highest BCUT2D eigenvalue weighted by Gasteiger charge is 2.28. The van der Waals surface area contributed by atoms with Crippen LogP contribution in [0, 0.1) is 5.92 Å². The van der Waals surface area contributed by atoms with Gasteiger partial charge in [0.15, 0.2) is 0 Å². The lowest BCUT2D eigenvalue weighted by Crippen LogP contribution is -2.27. The van der Waals surface area contributed by atoms with E-state index in [1.54, 1.807) is 6.20 Å². The summed E-state index contributed by atoms with van der Waals surface area (Å²) in [7, 11) is 0. The molecule has 26 heavy (non-hydrogen) atoms. The number of oxime groups is 1. The summed E-state index contributed by atoms with van der Waals surface area (Å²) >= 11 is 6.42. The Labute approximate surface area is 158 Å². The Kier molecular flexibility index (Phi) is 5.02. The second-order valence-electron chi connectivity index (χ2n) is 6.50. The molecule has 0 spiro atoms. The molecule has 1 heterocycles. The number of nitrogens with zero attached hydrogens (tertiary/aromatic N) is 3. The normalized spacial score (nSPS) is 17.9. The van der Waals surface area contributed by atoms with Crippen LogP contribution < -0.4 is 0 Å². The number of hydrogen-bond acceptors (Lipinski definition) is 3. The molecule has 0 aliphatic heterocycles. The topological polar surface area (TPSA) is 39.4 Å². The van der Waals surface area contributed by atoms with Crippen molar-refractivity contribution in [2.24, 2.45) is 11.1 Å². The molecular weight excluding hydrogens is 346 g/mol. The lowest BCUT2D eigenvalue weighted by Gasteiger charge is -2.27. The van der Waals surface area contributed by atoms with Crippen LogP contribution in [0.4, 0.5) is 0 Å². The first-order chi connectivity index (χ1) is 12.8. The van der Waals surface area contributed by atoms with E-state index in [4.69, 9.17) is 16.4 Å². The number of rotatable bonds is 5. The Morgan fingerprint density at radius 3 is 2.85 bits per heavy atom. The summed E-state index contributed by atoms with van der Waals surface area (Å²) in [6.07, 6.45) is 7.57. The molecule has 0 saturated heterocycles. The molecule has 1 aliphatic rings. The van der Waals surface area contributed by atoms with Crippen LogP contribution in [-0.2, 0) is 24.4 Å². The van der Waals surface area contributed by atoms with Gasteiger partial charge in [-0.1, -0.05) is 59.2 Å². The predicted molar refractivity (Wildman–Crippen MR) is 103 cm³/mol. The Hall–Kier alpha value is -2.59. The van der Waals surface area contributed by atoms with Gasteiger partial charge in [-0.3, -0.25) is 0 Å². The molecule has 132 valence electrons. The first-order valence-corrected chi connectivity index (χ1v) is 9.16. The van der Waals surface area contributed by atoms with Gasteiger partial charge < -0.3 is 9.40 Å². The Bertz CT molecular complexity index is 891. The van der Waals surface area contributed by atoms with E-state index < -0.39 is 0 Å². The van der Waals surface area contributed by atoms with Crippen molar-refractivity contribution in [1.82, 2.24) is 9.55 Å². The lowest BCUT2D eigenvalue weighted by atomic mass is 9.82. The summed E-state index contributed by atoms with van der Waals surface area (Å²) in [5.41, 5.74) is 4.34. The summed E-state index contributed by atoms with van der Waals surface area (Å²) in [5, 5.41) is 5.35. The van der Waals surface area contributed by atoms with Gasteiger partial charge in [0.05, 0.1) is 12.0 Å². The van der Waals surface area contributed by atoms with Gasteiger partial charge in [0, 0.05) is 35.4 Å². The van der Waals surface area contributed by atoms with Crippen LogP contribution in [0.2, 0.25) is 5.02 Å². The maximum absolute atomic E-state index is 6.42. The average molecular weight is 366 g/mol. The molecule has 5 heteroatoms. The van der Waals surface area contributed by atoms with Gasteiger partial charge in [-0.05, 0) is 30.0 Å². The van der Waals surface area contributed by atoms with Gasteiger partial charge in [0.25, 0.3) is 0 Å². The molecule has 3 aromatic rings. The lowest BCUT2D eigenvalue weighted by molar-refractivity contribution is 0.128. The minimum atomic E-state index is 0.269. The maximum atomic E-state index is 6.42. The summed E-state index contributed by atoms with van der Waals surface area (Å²) in [5.74, 6) is 0.269. The number of fused-ring (bicyclic) bond motifs is 1. The standard InChI is InChI=1S/C21H20ClN3O/c22-20-8-4-7-19-18(20)10-9-17(13-25-12-11-23-15-25)21(19)24-26-14-16-5-2-1-3-6-16/h1-8,11-12,15,17H,9-10,13-14H2/b24-21+. The van der Waals surface area contributed by atoms with Gasteiger partial charge in [0.1, 0.15) is 6.61 Å². The van der Waals surface area contributed by atoms with Crippen LogP contribution in [0.15, 0.2) is 72.4 Å². The highest BCUT2D eigenvalue weighted by atomic mass is 35.5. The number of benzene rings is 2. The van der Waals surface area contributed by atoms with Crippen molar-refractivity contribution < 1.29 is 4.84 Å². The third-order valence-corrected chi connectivity index (χ3v) is 5.11. The molecular formula is C21H20ClN3O. The molecule has 1 aliphatic carbocycles. The van der Waals surface area contributed by atoms with Gasteiger partial charge >= 0.3 is 0 Å². The fraction of sp³-hybridized carbons (Fsp3) is 0.238. The van der Waals surface area contributed by atoms with E-state index in [0.717, 1.165) is 46.8 Å². The van der Waals surface area contributed by atoms with Gasteiger partial charge in [0.2, 0.25) is 0 Å². The zero-order valence-corrected chi connectivity index (χ0v) is 15.1. The Morgan fingerprint density at radius 2 is 2.04 bits per heavy atom. The van der Waals surface area contributed by atoms with Crippen molar-refractivity contribution in [3.8, 4) is 0 Å². The highest BCUT2D eigenvalue weighted by molar-refractivity contribution is 6.32. The van der Waals surface area contributed by atoms with Gasteiger partial charge in [-0.15, -0.1) is 0 Å². The van der Waals surface area contributed by atoms with Crippen LogP contribution >= 0.6 is 11.6 Å². The van der Waals surface area contributed by atoms with E-state index in [1.807, 2.05) is 55.0 Å². The van der Waals surface area contributed by atoms with Crippen LogP contribution in [0.5, 0.6) is 0 Å². The van der Waals surface area contributed by atoms with E-state index in [9.17, 15) is 0 Å². The highest BCUT2D eigenvalue weighted by Crippen LogP contribution is 2.32. The van der Waals surface area contributed by atoms with Crippen molar-refractivity contribution >= 4 is 17.3 Å². The number of halogens is 1. The monoisotopic (exact) mass is 365 g/mol. The van der Waals surface area contributed by atoms with Crippen molar-refractivity contribution in [3.63, 3.8) is 0 Å². The molecule has 4 rings (SSSR count). The number of imidazole rings is 1. The van der Waals surface area contributed by atoms with E-state index >= 15 is 0 Å². The first kappa shape index (κ1) is 16.9. The van der Waals surface area contributed by atoms with E-state index in [2.05, 4.69) is 20.8 Å². The molecule has 1 unspecified atom stereocenters. The predicted octanol–water partition coefficient (Wildman–Crippen LogP) is 4.72. The van der Waals surface area contributed by atoms with Crippen LogP contribution in [0.3, 0.4) is 0 Å². The number of aromatic nitrogens is 2.